The van der Waals surface area contributed by atoms with Crippen LogP contribution in [-0.2, 0) is 4.74 Å². The maximum atomic E-state index is 6.08. The average Bonchev–Trinajstić information content (AvgIpc) is 3.31. The van der Waals surface area contributed by atoms with Crippen LogP contribution in [0.1, 0.15) is 52.9 Å². The smallest absolute Gasteiger partial charge is 0.194 e. The van der Waals surface area contributed by atoms with Gasteiger partial charge in [-0.3, -0.25) is 4.99 Å². The zero-order valence-electron chi connectivity index (χ0n) is 17.0. The van der Waals surface area contributed by atoms with Gasteiger partial charge in [0.15, 0.2) is 5.96 Å². The molecule has 1 N–H and O–H groups in total. The van der Waals surface area contributed by atoms with Gasteiger partial charge in [-0.05, 0) is 58.0 Å². The fourth-order valence-electron chi connectivity index (χ4n) is 5.85. The van der Waals surface area contributed by atoms with Crippen molar-refractivity contribution < 1.29 is 4.74 Å². The van der Waals surface area contributed by atoms with Gasteiger partial charge in [0.2, 0.25) is 0 Å². The molecule has 0 radical (unpaired) electrons. The number of hydrogen-bond donors (Lipinski definition) is 1. The maximum absolute atomic E-state index is 6.08. The molecule has 0 aromatic carbocycles. The lowest BCUT2D eigenvalue weighted by Gasteiger charge is -2.60. The topological polar surface area (TPSA) is 40.1 Å². The molecule has 5 nitrogen and oxygen atoms in total. The third kappa shape index (κ3) is 3.49. The summed E-state index contributed by atoms with van der Waals surface area (Å²) in [6, 6.07) is 0.496. The number of ether oxygens (including phenoxy) is 1. The molecule has 4 unspecified atom stereocenters. The molecular weight excluding hydrogens is 324 g/mol. The van der Waals surface area contributed by atoms with Crippen molar-refractivity contribution in [3.8, 4) is 0 Å². The summed E-state index contributed by atoms with van der Waals surface area (Å²) in [5.41, 5.74) is 0.203. The molecule has 0 aromatic heterocycles. The first kappa shape index (κ1) is 18.5. The standard InChI is InChI=1S/C21H38N4O/c1-4-22-20(23-18-17-8-7-13-26-19(17)21(18,2)3)25-12-9-16(15-25)14-24-10-5-6-11-24/h16-19H,4-15H2,1-3H3,(H,22,23). The number of hydrogen-bond acceptors (Lipinski definition) is 3. The molecule has 0 spiro atoms. The lowest BCUT2D eigenvalue weighted by molar-refractivity contribution is -0.188. The molecule has 148 valence electrons. The largest absolute Gasteiger partial charge is 0.377 e. The Labute approximate surface area is 159 Å². The zero-order chi connectivity index (χ0) is 18.1. The number of aliphatic imine (C=N–C) groups is 1. The fraction of sp³-hybridized carbons (Fsp3) is 0.952. The molecule has 26 heavy (non-hydrogen) atoms. The number of fused-ring (bicyclic) bond motifs is 1. The second kappa shape index (κ2) is 7.67. The van der Waals surface area contributed by atoms with E-state index in [-0.39, 0.29) is 5.41 Å². The number of rotatable bonds is 4. The van der Waals surface area contributed by atoms with E-state index < -0.39 is 0 Å². The molecular formula is C21H38N4O. The molecule has 3 aliphatic heterocycles. The summed E-state index contributed by atoms with van der Waals surface area (Å²) >= 11 is 0. The van der Waals surface area contributed by atoms with E-state index in [4.69, 9.17) is 9.73 Å². The van der Waals surface area contributed by atoms with Crippen molar-refractivity contribution >= 4 is 5.96 Å². The summed E-state index contributed by atoms with van der Waals surface area (Å²) in [4.78, 5) is 10.1. The second-order valence-electron chi connectivity index (χ2n) is 9.45. The van der Waals surface area contributed by atoms with E-state index in [9.17, 15) is 0 Å². The van der Waals surface area contributed by atoms with Crippen LogP contribution in [0.2, 0.25) is 0 Å². The van der Waals surface area contributed by atoms with Crippen molar-refractivity contribution in [2.24, 2.45) is 22.2 Å². The first-order valence-electron chi connectivity index (χ1n) is 11.0. The van der Waals surface area contributed by atoms with Crippen LogP contribution in [0.25, 0.3) is 0 Å². The Morgan fingerprint density at radius 2 is 1.96 bits per heavy atom. The Balaban J connectivity index is 1.36. The molecule has 4 fully saturated rings. The minimum Gasteiger partial charge on any atom is -0.377 e. The zero-order valence-corrected chi connectivity index (χ0v) is 17.0. The minimum atomic E-state index is 0.203. The van der Waals surface area contributed by atoms with Gasteiger partial charge in [0.05, 0.1) is 6.10 Å². The molecule has 3 saturated heterocycles. The van der Waals surface area contributed by atoms with E-state index in [2.05, 4.69) is 35.9 Å². The van der Waals surface area contributed by atoms with Gasteiger partial charge in [0, 0.05) is 50.2 Å². The van der Waals surface area contributed by atoms with Gasteiger partial charge in [0.1, 0.15) is 0 Å². The molecule has 4 rings (SSSR count). The summed E-state index contributed by atoms with van der Waals surface area (Å²) in [7, 11) is 0. The predicted molar refractivity (Wildman–Crippen MR) is 106 cm³/mol. The van der Waals surface area contributed by atoms with Crippen molar-refractivity contribution in [2.75, 3.05) is 45.9 Å². The molecule has 3 heterocycles. The first-order valence-corrected chi connectivity index (χ1v) is 11.0. The van der Waals surface area contributed by atoms with Crippen molar-refractivity contribution in [1.29, 1.82) is 0 Å². The van der Waals surface area contributed by atoms with Gasteiger partial charge in [-0.15, -0.1) is 0 Å². The summed E-state index contributed by atoms with van der Waals surface area (Å²) in [5.74, 6) is 2.61. The van der Waals surface area contributed by atoms with Gasteiger partial charge in [0.25, 0.3) is 0 Å². The van der Waals surface area contributed by atoms with Gasteiger partial charge in [-0.1, -0.05) is 13.8 Å². The van der Waals surface area contributed by atoms with Crippen LogP contribution in [-0.4, -0.2) is 73.8 Å². The van der Waals surface area contributed by atoms with Crippen molar-refractivity contribution in [3.63, 3.8) is 0 Å². The maximum Gasteiger partial charge on any atom is 0.194 e. The highest BCUT2D eigenvalue weighted by Gasteiger charge is 2.58. The third-order valence-electron chi connectivity index (χ3n) is 7.22. The van der Waals surface area contributed by atoms with Crippen molar-refractivity contribution in [1.82, 2.24) is 15.1 Å². The second-order valence-corrected chi connectivity index (χ2v) is 9.45. The number of guanidine groups is 1. The molecule has 0 aromatic rings. The lowest BCUT2D eigenvalue weighted by Crippen LogP contribution is -2.71. The SMILES string of the molecule is CCN=C(NC1C2CCCOC2C1(C)C)N1CCC(CN2CCCC2)C1. The Hall–Kier alpha value is -0.810. The molecule has 4 atom stereocenters. The summed E-state index contributed by atoms with van der Waals surface area (Å²) in [6.07, 6.45) is 7.02. The summed E-state index contributed by atoms with van der Waals surface area (Å²) in [6.45, 7) is 14.9. The van der Waals surface area contributed by atoms with Gasteiger partial charge in [-0.25, -0.2) is 0 Å². The molecule has 0 bridgehead atoms. The summed E-state index contributed by atoms with van der Waals surface area (Å²) in [5, 5.41) is 3.88. The summed E-state index contributed by atoms with van der Waals surface area (Å²) < 4.78 is 6.08. The highest BCUT2D eigenvalue weighted by molar-refractivity contribution is 5.81. The molecule has 5 heteroatoms. The highest BCUT2D eigenvalue weighted by Crippen LogP contribution is 2.51. The van der Waals surface area contributed by atoms with Crippen LogP contribution in [0.3, 0.4) is 0 Å². The van der Waals surface area contributed by atoms with E-state index in [0.29, 0.717) is 18.1 Å². The van der Waals surface area contributed by atoms with Crippen LogP contribution < -0.4 is 5.32 Å². The van der Waals surface area contributed by atoms with Crippen LogP contribution in [0, 0.1) is 17.3 Å². The van der Waals surface area contributed by atoms with Gasteiger partial charge >= 0.3 is 0 Å². The number of likely N-dealkylation sites (tertiary alicyclic amines) is 2. The lowest BCUT2D eigenvalue weighted by atomic mass is 9.55. The number of nitrogens with one attached hydrogen (secondary N) is 1. The van der Waals surface area contributed by atoms with E-state index in [1.807, 2.05) is 0 Å². The predicted octanol–water partition coefficient (Wildman–Crippen LogP) is 2.57. The molecule has 1 aliphatic carbocycles. The Bertz CT molecular complexity index is 514. The number of nitrogens with zero attached hydrogens (tertiary/aromatic N) is 3. The Kier molecular flexibility index (Phi) is 5.47. The van der Waals surface area contributed by atoms with E-state index in [1.165, 1.54) is 58.3 Å². The third-order valence-corrected chi connectivity index (χ3v) is 7.22. The first-order chi connectivity index (χ1) is 12.6. The monoisotopic (exact) mass is 362 g/mol. The average molecular weight is 363 g/mol. The highest BCUT2D eigenvalue weighted by atomic mass is 16.5. The molecule has 4 aliphatic rings. The van der Waals surface area contributed by atoms with E-state index in [1.54, 1.807) is 0 Å². The van der Waals surface area contributed by atoms with Crippen LogP contribution in [0.4, 0.5) is 0 Å². The van der Waals surface area contributed by atoms with Gasteiger partial charge in [-0.2, -0.15) is 0 Å². The van der Waals surface area contributed by atoms with Crippen molar-refractivity contribution in [2.45, 2.75) is 65.0 Å². The normalized spacial score (nSPS) is 37.5. The van der Waals surface area contributed by atoms with Gasteiger partial charge < -0.3 is 19.9 Å². The van der Waals surface area contributed by atoms with E-state index >= 15 is 0 Å². The van der Waals surface area contributed by atoms with Crippen LogP contribution in [0.15, 0.2) is 4.99 Å². The minimum absolute atomic E-state index is 0.203. The quantitative estimate of drug-likeness (QED) is 0.616. The van der Waals surface area contributed by atoms with Crippen molar-refractivity contribution in [3.05, 3.63) is 0 Å². The van der Waals surface area contributed by atoms with Crippen LogP contribution in [0.5, 0.6) is 0 Å². The van der Waals surface area contributed by atoms with Crippen LogP contribution >= 0.6 is 0 Å². The fourth-order valence-corrected chi connectivity index (χ4v) is 5.85. The van der Waals surface area contributed by atoms with E-state index in [0.717, 1.165) is 31.6 Å². The molecule has 1 saturated carbocycles. The molecule has 0 amide bonds. The Morgan fingerprint density at radius 1 is 1.15 bits per heavy atom. The Morgan fingerprint density at radius 3 is 2.73 bits per heavy atom.